The van der Waals surface area contributed by atoms with Crippen LogP contribution in [0.3, 0.4) is 0 Å². The maximum atomic E-state index is 5.93. The first kappa shape index (κ1) is 24.9. The van der Waals surface area contributed by atoms with Crippen molar-refractivity contribution in [1.29, 1.82) is 0 Å². The Labute approximate surface area is 220 Å². The highest BCUT2D eigenvalue weighted by Gasteiger charge is 2.41. The largest absolute Gasteiger partial charge is 0.379 e. The third-order valence-corrected chi connectivity index (χ3v) is 7.98. The van der Waals surface area contributed by atoms with Crippen molar-refractivity contribution in [3.8, 4) is 5.69 Å². The number of para-hydroxylation sites is 1. The summed E-state index contributed by atoms with van der Waals surface area (Å²) in [5.41, 5.74) is 8.69. The molecule has 3 aromatic rings. The van der Waals surface area contributed by atoms with E-state index in [-0.39, 0.29) is 12.1 Å². The Kier molecular flexibility index (Phi) is 7.42. The molecule has 0 saturated carbocycles. The Morgan fingerprint density at radius 3 is 2.44 bits per heavy atom. The number of rotatable bonds is 7. The standard InChI is InChI=1S/C29H37N5OS/c1-20-9-7-10-21(2)27(20)34-22(3)19-24(23(34)4)28-26(25-11-5-6-12-30-25)31-29(36)33(28)14-8-13-32-15-17-35-18-16-32/h5-7,9-12,19,26,28H,8,13-18H2,1-4H3,(H,31,36)/t26-,28+/m1/s1. The van der Waals surface area contributed by atoms with Gasteiger partial charge in [0.05, 0.1) is 36.7 Å². The average molecular weight is 504 g/mol. The summed E-state index contributed by atoms with van der Waals surface area (Å²) in [5, 5.41) is 4.44. The van der Waals surface area contributed by atoms with E-state index >= 15 is 0 Å². The second kappa shape index (κ2) is 10.7. The molecule has 190 valence electrons. The molecule has 5 rings (SSSR count). The van der Waals surface area contributed by atoms with E-state index in [0.29, 0.717) is 0 Å². The molecule has 2 fully saturated rings. The van der Waals surface area contributed by atoms with Gasteiger partial charge in [0, 0.05) is 43.8 Å². The monoisotopic (exact) mass is 503 g/mol. The van der Waals surface area contributed by atoms with E-state index in [1.54, 1.807) is 0 Å². The molecule has 4 heterocycles. The highest BCUT2D eigenvalue weighted by Crippen LogP contribution is 2.41. The van der Waals surface area contributed by atoms with Gasteiger partial charge < -0.3 is 19.5 Å². The molecule has 0 aliphatic carbocycles. The van der Waals surface area contributed by atoms with Crippen molar-refractivity contribution in [2.75, 3.05) is 39.4 Å². The fourth-order valence-electron chi connectivity index (χ4n) is 5.86. The van der Waals surface area contributed by atoms with Gasteiger partial charge in [-0.05, 0) is 81.2 Å². The maximum Gasteiger partial charge on any atom is 0.170 e. The predicted octanol–water partition coefficient (Wildman–Crippen LogP) is 4.80. The first-order valence-corrected chi connectivity index (χ1v) is 13.4. The minimum Gasteiger partial charge on any atom is -0.379 e. The fraction of sp³-hybridized carbons (Fsp3) is 0.448. The molecule has 1 aromatic carbocycles. The zero-order valence-corrected chi connectivity index (χ0v) is 22.6. The number of nitrogens with one attached hydrogen (secondary N) is 1. The second-order valence-electron chi connectivity index (χ2n) is 10.0. The lowest BCUT2D eigenvalue weighted by molar-refractivity contribution is 0.0365. The molecule has 2 saturated heterocycles. The molecule has 0 unspecified atom stereocenters. The van der Waals surface area contributed by atoms with Crippen LogP contribution in [0.5, 0.6) is 0 Å². The summed E-state index contributed by atoms with van der Waals surface area (Å²) < 4.78 is 7.94. The van der Waals surface area contributed by atoms with Crippen LogP contribution in [-0.4, -0.2) is 63.9 Å². The number of hydrogen-bond donors (Lipinski definition) is 1. The smallest absolute Gasteiger partial charge is 0.170 e. The van der Waals surface area contributed by atoms with Gasteiger partial charge in [0.2, 0.25) is 0 Å². The number of thiocarbonyl (C=S) groups is 1. The molecular weight excluding hydrogens is 466 g/mol. The van der Waals surface area contributed by atoms with Crippen molar-refractivity contribution in [2.24, 2.45) is 0 Å². The van der Waals surface area contributed by atoms with Crippen LogP contribution < -0.4 is 5.32 Å². The Hall–Kier alpha value is -2.74. The van der Waals surface area contributed by atoms with E-state index in [9.17, 15) is 0 Å². The summed E-state index contributed by atoms with van der Waals surface area (Å²) in [6.45, 7) is 14.5. The molecule has 36 heavy (non-hydrogen) atoms. The molecule has 7 heteroatoms. The van der Waals surface area contributed by atoms with Gasteiger partial charge in [0.15, 0.2) is 5.11 Å². The Morgan fingerprint density at radius 1 is 1.00 bits per heavy atom. The van der Waals surface area contributed by atoms with Gasteiger partial charge in [-0.15, -0.1) is 0 Å². The minimum absolute atomic E-state index is 0.00834. The van der Waals surface area contributed by atoms with E-state index in [2.05, 4.69) is 83.8 Å². The lowest BCUT2D eigenvalue weighted by Crippen LogP contribution is -2.39. The Morgan fingerprint density at radius 2 is 1.75 bits per heavy atom. The highest BCUT2D eigenvalue weighted by atomic mass is 32.1. The van der Waals surface area contributed by atoms with E-state index in [1.807, 2.05) is 12.3 Å². The van der Waals surface area contributed by atoms with Crippen LogP contribution in [0.15, 0.2) is 48.7 Å². The molecular formula is C29H37N5OS. The van der Waals surface area contributed by atoms with Gasteiger partial charge in [0.1, 0.15) is 0 Å². The lowest BCUT2D eigenvalue weighted by atomic mass is 9.96. The summed E-state index contributed by atoms with van der Waals surface area (Å²) >= 11 is 5.93. The van der Waals surface area contributed by atoms with Crippen molar-refractivity contribution in [3.05, 3.63) is 82.4 Å². The predicted molar refractivity (Wildman–Crippen MR) is 149 cm³/mol. The molecule has 2 aliphatic rings. The highest BCUT2D eigenvalue weighted by molar-refractivity contribution is 7.80. The summed E-state index contributed by atoms with van der Waals surface area (Å²) in [5.74, 6) is 0. The van der Waals surface area contributed by atoms with Gasteiger partial charge in [-0.25, -0.2) is 0 Å². The summed E-state index contributed by atoms with van der Waals surface area (Å²) in [7, 11) is 0. The molecule has 2 aliphatic heterocycles. The van der Waals surface area contributed by atoms with Crippen LogP contribution in [0.4, 0.5) is 0 Å². The third-order valence-electron chi connectivity index (χ3n) is 7.63. The van der Waals surface area contributed by atoms with Crippen LogP contribution in [0.25, 0.3) is 5.69 Å². The van der Waals surface area contributed by atoms with Crippen molar-refractivity contribution in [2.45, 2.75) is 46.2 Å². The Bertz CT molecular complexity index is 1200. The van der Waals surface area contributed by atoms with Gasteiger partial charge in [-0.3, -0.25) is 9.88 Å². The summed E-state index contributed by atoms with van der Waals surface area (Å²) in [6.07, 6.45) is 2.93. The molecule has 0 bridgehead atoms. The third kappa shape index (κ3) is 4.80. The number of aryl methyl sites for hydroxylation is 3. The normalized spacial score (nSPS) is 20.7. The minimum atomic E-state index is 0.00834. The van der Waals surface area contributed by atoms with Gasteiger partial charge in [-0.2, -0.15) is 0 Å². The number of aromatic nitrogens is 2. The summed E-state index contributed by atoms with van der Waals surface area (Å²) in [4.78, 5) is 9.62. The topological polar surface area (TPSA) is 45.6 Å². The number of hydrogen-bond acceptors (Lipinski definition) is 4. The molecule has 0 amide bonds. The van der Waals surface area contributed by atoms with Crippen LogP contribution >= 0.6 is 12.2 Å². The number of nitrogens with zero attached hydrogens (tertiary/aromatic N) is 4. The molecule has 0 spiro atoms. The van der Waals surface area contributed by atoms with Crippen molar-refractivity contribution >= 4 is 17.3 Å². The van der Waals surface area contributed by atoms with E-state index in [4.69, 9.17) is 21.9 Å². The molecule has 2 atom stereocenters. The summed E-state index contributed by atoms with van der Waals surface area (Å²) in [6, 6.07) is 15.1. The number of benzene rings is 1. The molecule has 2 aromatic heterocycles. The van der Waals surface area contributed by atoms with E-state index in [0.717, 1.165) is 56.6 Å². The fourth-order valence-corrected chi connectivity index (χ4v) is 6.20. The second-order valence-corrected chi connectivity index (χ2v) is 10.4. The van der Waals surface area contributed by atoms with Crippen molar-refractivity contribution in [1.82, 2.24) is 24.7 Å². The number of ether oxygens (including phenoxy) is 1. The lowest BCUT2D eigenvalue weighted by Gasteiger charge is -2.30. The first-order valence-electron chi connectivity index (χ1n) is 13.0. The van der Waals surface area contributed by atoms with Crippen molar-refractivity contribution < 1.29 is 4.74 Å². The Balaban J connectivity index is 1.50. The SMILES string of the molecule is Cc1cccc(C)c1-n1c(C)cc([C@H]2[C@@H](c3ccccn3)NC(=S)N2CCCN2CCOCC2)c1C. The molecule has 6 nitrogen and oxygen atoms in total. The average Bonchev–Trinajstić information content (AvgIpc) is 3.36. The quantitative estimate of drug-likeness (QED) is 0.468. The van der Waals surface area contributed by atoms with Crippen LogP contribution in [0.2, 0.25) is 0 Å². The van der Waals surface area contributed by atoms with E-state index in [1.165, 1.54) is 33.8 Å². The van der Waals surface area contributed by atoms with Gasteiger partial charge in [-0.1, -0.05) is 24.3 Å². The molecule has 1 N–H and O–H groups in total. The zero-order chi connectivity index (χ0) is 25.2. The van der Waals surface area contributed by atoms with Crippen LogP contribution in [-0.2, 0) is 4.74 Å². The first-order chi connectivity index (χ1) is 17.5. The zero-order valence-electron chi connectivity index (χ0n) is 21.8. The maximum absolute atomic E-state index is 5.93. The van der Waals surface area contributed by atoms with Gasteiger partial charge in [0.25, 0.3) is 0 Å². The number of pyridine rings is 1. The van der Waals surface area contributed by atoms with Crippen LogP contribution in [0, 0.1) is 27.7 Å². The van der Waals surface area contributed by atoms with Gasteiger partial charge >= 0.3 is 0 Å². The number of morpholine rings is 1. The van der Waals surface area contributed by atoms with E-state index < -0.39 is 0 Å². The molecule has 0 radical (unpaired) electrons. The van der Waals surface area contributed by atoms with Crippen molar-refractivity contribution in [3.63, 3.8) is 0 Å². The van der Waals surface area contributed by atoms with Crippen LogP contribution in [0.1, 0.15) is 52.3 Å².